The van der Waals surface area contributed by atoms with Gasteiger partial charge in [0, 0.05) is 34.1 Å². The topological polar surface area (TPSA) is 218 Å². The molecule has 24 heteroatoms. The fourth-order valence-electron chi connectivity index (χ4n) is 5.29. The van der Waals surface area contributed by atoms with Crippen LogP contribution in [0.3, 0.4) is 0 Å². The fraction of sp³-hybridized carbons (Fsp3) is 0.0833. The molecule has 6 N–H and O–H groups in total. The summed E-state index contributed by atoms with van der Waals surface area (Å²) in [4.78, 5) is -4.90. The van der Waals surface area contributed by atoms with Gasteiger partial charge in [0.2, 0.25) is 46.8 Å². The van der Waals surface area contributed by atoms with Gasteiger partial charge in [-0.3, -0.25) is 8.57 Å². The smallest absolute Gasteiger partial charge is 0.363 e. The fourth-order valence-corrected chi connectivity index (χ4v) is 7.35. The van der Waals surface area contributed by atoms with E-state index in [-0.39, 0.29) is 0 Å². The average Bonchev–Trinajstić information content (AvgIpc) is 3.43. The van der Waals surface area contributed by atoms with Crippen molar-refractivity contribution in [3.8, 4) is 35.0 Å². The van der Waals surface area contributed by atoms with E-state index in [1.54, 1.807) is 0 Å². The number of nitrogens with zero attached hydrogens (tertiary/aromatic N) is 2. The normalized spacial score (nSPS) is 16.7. The summed E-state index contributed by atoms with van der Waals surface area (Å²) in [5, 5.41) is 61.4. The Morgan fingerprint density at radius 1 is 0.458 bits per heavy atom. The van der Waals surface area contributed by atoms with E-state index in [1.807, 2.05) is 0 Å². The van der Waals surface area contributed by atoms with Crippen molar-refractivity contribution in [3.05, 3.63) is 80.9 Å². The minimum absolute atomic E-state index is 0.400. The summed E-state index contributed by atoms with van der Waals surface area (Å²) in [6.07, 6.45) is 2.17. The largest absolute Gasteiger partial charge is 0.503 e. The lowest BCUT2D eigenvalue weighted by atomic mass is 9.70. The van der Waals surface area contributed by atoms with Crippen LogP contribution in [0.25, 0.3) is 0 Å². The third-order valence-electron chi connectivity index (χ3n) is 7.30. The number of phenolic OH excluding ortho intramolecular Hbond substituents is 2. The van der Waals surface area contributed by atoms with Crippen molar-refractivity contribution < 1.29 is 91.2 Å². The van der Waals surface area contributed by atoms with E-state index in [9.17, 15) is 72.4 Å². The Morgan fingerprint density at radius 2 is 0.688 bits per heavy atom. The Balaban J connectivity index is 1.44. The quantitative estimate of drug-likeness (QED) is 0.0957. The summed E-state index contributed by atoms with van der Waals surface area (Å²) >= 11 is 0. The summed E-state index contributed by atoms with van der Waals surface area (Å²) in [6, 6.07) is 0. The molecule has 4 aromatic rings. The lowest BCUT2D eigenvalue weighted by Gasteiger charge is -2.30. The molecule has 3 aliphatic rings. The van der Waals surface area contributed by atoms with E-state index in [4.69, 9.17) is 10.2 Å². The number of rotatable bonds is 6. The van der Waals surface area contributed by atoms with Gasteiger partial charge in [-0.25, -0.2) is 17.6 Å². The zero-order valence-corrected chi connectivity index (χ0v) is 23.8. The highest BCUT2D eigenvalue weighted by Crippen LogP contribution is 2.60. The van der Waals surface area contributed by atoms with E-state index >= 15 is 0 Å². The van der Waals surface area contributed by atoms with E-state index in [0.717, 1.165) is 12.2 Å². The Hall–Kier alpha value is -5.52. The predicted octanol–water partition coefficient (Wildman–Crippen LogP) is 2.42. The summed E-state index contributed by atoms with van der Waals surface area (Å²) in [6.45, 7) is 0. The van der Waals surface area contributed by atoms with Gasteiger partial charge in [-0.2, -0.15) is 34.4 Å². The zero-order valence-electron chi connectivity index (χ0n) is 22.2. The molecule has 48 heavy (non-hydrogen) atoms. The molecule has 0 unspecified atom stereocenters. The SMILES string of the molecule is O=S(=O)(On1c(O)c2c(c1O)C1C=CC2c2c1c(O)n(OS(=O)(=O)c1c(F)c(F)c(O)c(F)c1F)c2O)c1c(F)c(F)c(O)c(F)c1F. The maximum absolute atomic E-state index is 14.3. The molecule has 0 radical (unpaired) electrons. The summed E-state index contributed by atoms with van der Waals surface area (Å²) < 4.78 is 171. The molecule has 0 atom stereocenters. The molecule has 2 aromatic heterocycles. The monoisotopic (exact) mass is 734 g/mol. The first-order valence-electron chi connectivity index (χ1n) is 12.2. The molecule has 0 spiro atoms. The van der Waals surface area contributed by atoms with Crippen LogP contribution >= 0.6 is 0 Å². The van der Waals surface area contributed by atoms with E-state index < -0.39 is 155 Å². The number of halogens is 8. The molecule has 0 saturated heterocycles. The van der Waals surface area contributed by atoms with Crippen LogP contribution in [0.4, 0.5) is 35.1 Å². The molecular formula is C24H10F8N2O12S2. The van der Waals surface area contributed by atoms with Crippen molar-refractivity contribution in [1.82, 2.24) is 9.46 Å². The Bertz CT molecular complexity index is 2130. The van der Waals surface area contributed by atoms with Crippen molar-refractivity contribution in [2.75, 3.05) is 0 Å². The molecule has 14 nitrogen and oxygen atoms in total. The summed E-state index contributed by atoms with van der Waals surface area (Å²) in [5.74, 6) is -34.4. The van der Waals surface area contributed by atoms with Gasteiger partial charge in [0.15, 0.2) is 44.6 Å². The molecule has 0 aliphatic heterocycles. The van der Waals surface area contributed by atoms with Gasteiger partial charge in [0.25, 0.3) is 0 Å². The van der Waals surface area contributed by atoms with Gasteiger partial charge in [-0.05, 0) is 0 Å². The molecular weight excluding hydrogens is 724 g/mol. The number of phenols is 2. The first-order valence-corrected chi connectivity index (χ1v) is 15.0. The van der Waals surface area contributed by atoms with Gasteiger partial charge < -0.3 is 30.6 Å². The molecule has 2 aromatic carbocycles. The number of hydrogen-bond donors (Lipinski definition) is 6. The number of aromatic nitrogens is 2. The standard InChI is InChI=1S/C24H10F8N2O12S2/c25-9-13(29)19(14(30)10(26)17(9)35)47(41,42)45-33-21(37)5-3-1-2-4(7(5)23(33)39)8-6(3)22(38)34(24(8)40)46-48(43,44)20-15(31)11(27)18(36)12(28)16(20)32/h1-4,35-40H. The summed E-state index contributed by atoms with van der Waals surface area (Å²) in [7, 11) is -12.1. The Labute approximate surface area is 258 Å². The second-order valence-corrected chi connectivity index (χ2v) is 12.7. The summed E-state index contributed by atoms with van der Waals surface area (Å²) in [5.41, 5.74) is -2.44. The third kappa shape index (κ3) is 4.01. The van der Waals surface area contributed by atoms with Crippen LogP contribution in [0.2, 0.25) is 0 Å². The van der Waals surface area contributed by atoms with E-state index in [1.165, 1.54) is 0 Å². The first kappa shape index (κ1) is 32.4. The maximum atomic E-state index is 14.3. The van der Waals surface area contributed by atoms with E-state index in [0.29, 0.717) is 0 Å². The van der Waals surface area contributed by atoms with Crippen molar-refractivity contribution in [2.24, 2.45) is 0 Å². The highest BCUT2D eigenvalue weighted by molar-refractivity contribution is 7.87. The van der Waals surface area contributed by atoms with Crippen molar-refractivity contribution in [3.63, 3.8) is 0 Å². The molecule has 0 fully saturated rings. The average molecular weight is 734 g/mol. The van der Waals surface area contributed by atoms with Crippen molar-refractivity contribution in [1.29, 1.82) is 0 Å². The van der Waals surface area contributed by atoms with Crippen LogP contribution in [0.5, 0.6) is 35.0 Å². The lowest BCUT2D eigenvalue weighted by molar-refractivity contribution is 0.197. The number of benzene rings is 2. The van der Waals surface area contributed by atoms with Gasteiger partial charge in [-0.1, -0.05) is 21.6 Å². The second kappa shape index (κ2) is 9.99. The lowest BCUT2D eigenvalue weighted by Crippen LogP contribution is -2.23. The van der Waals surface area contributed by atoms with Gasteiger partial charge in [0.05, 0.1) is 0 Å². The first-order chi connectivity index (χ1) is 22.2. The second-order valence-electron chi connectivity index (χ2n) is 9.80. The van der Waals surface area contributed by atoms with Gasteiger partial charge in [0.1, 0.15) is 0 Å². The van der Waals surface area contributed by atoms with Crippen molar-refractivity contribution >= 4 is 20.2 Å². The molecule has 2 bridgehead atoms. The zero-order chi connectivity index (χ0) is 35.7. The maximum Gasteiger partial charge on any atom is 0.363 e. The molecule has 0 saturated carbocycles. The van der Waals surface area contributed by atoms with Crippen LogP contribution in [0.1, 0.15) is 34.1 Å². The van der Waals surface area contributed by atoms with Crippen LogP contribution in [0.15, 0.2) is 21.9 Å². The molecule has 256 valence electrons. The minimum atomic E-state index is -6.07. The highest BCUT2D eigenvalue weighted by Gasteiger charge is 2.49. The van der Waals surface area contributed by atoms with Crippen LogP contribution in [-0.2, 0) is 20.2 Å². The molecule has 2 heterocycles. The van der Waals surface area contributed by atoms with Crippen LogP contribution in [0, 0.1) is 46.5 Å². The van der Waals surface area contributed by atoms with Crippen molar-refractivity contribution in [2.45, 2.75) is 21.6 Å². The van der Waals surface area contributed by atoms with Gasteiger partial charge >= 0.3 is 20.2 Å². The number of aromatic hydroxyl groups is 6. The minimum Gasteiger partial charge on any atom is -0.503 e. The number of hydrogen-bond acceptors (Lipinski definition) is 12. The molecule has 7 rings (SSSR count). The molecule has 3 aliphatic carbocycles. The molecule has 0 amide bonds. The van der Waals surface area contributed by atoms with Crippen LogP contribution < -0.4 is 8.57 Å². The third-order valence-corrected chi connectivity index (χ3v) is 9.71. The van der Waals surface area contributed by atoms with Crippen LogP contribution in [-0.4, -0.2) is 56.9 Å². The van der Waals surface area contributed by atoms with Gasteiger partial charge in [-0.15, -0.1) is 0 Å². The Kier molecular flexibility index (Phi) is 6.75. The Morgan fingerprint density at radius 3 is 0.917 bits per heavy atom. The predicted molar refractivity (Wildman–Crippen MR) is 132 cm³/mol. The highest BCUT2D eigenvalue weighted by atomic mass is 32.2. The van der Waals surface area contributed by atoms with E-state index in [2.05, 4.69) is 8.57 Å². The number of allylic oxidation sites excluding steroid dienone is 2.